The van der Waals surface area contributed by atoms with Crippen LogP contribution in [0.15, 0.2) is 97.1 Å². The second-order valence-electron chi connectivity index (χ2n) is 11.9. The van der Waals surface area contributed by atoms with E-state index < -0.39 is 12.1 Å². The lowest BCUT2D eigenvalue weighted by molar-refractivity contribution is -0.186. The summed E-state index contributed by atoms with van der Waals surface area (Å²) in [7, 11) is 1.38. The Labute approximate surface area is 263 Å². The van der Waals surface area contributed by atoms with Gasteiger partial charge in [0.15, 0.2) is 0 Å². The fourth-order valence-corrected chi connectivity index (χ4v) is 6.70. The fourth-order valence-electron chi connectivity index (χ4n) is 6.70. The van der Waals surface area contributed by atoms with Crippen molar-refractivity contribution in [1.29, 1.82) is 0 Å². The van der Waals surface area contributed by atoms with Gasteiger partial charge in [-0.05, 0) is 59.0 Å². The van der Waals surface area contributed by atoms with Crippen LogP contribution in [0, 0.1) is 24.7 Å². The van der Waals surface area contributed by atoms with Crippen LogP contribution >= 0.6 is 0 Å². The minimum absolute atomic E-state index is 0.0158. The quantitative estimate of drug-likeness (QED) is 0.210. The Balaban J connectivity index is 0.986. The Morgan fingerprint density at radius 1 is 0.822 bits per heavy atom. The molecule has 4 aromatic carbocycles. The summed E-state index contributed by atoms with van der Waals surface area (Å²) < 4.78 is 11.1. The second kappa shape index (κ2) is 12.2. The summed E-state index contributed by atoms with van der Waals surface area (Å²) in [5.74, 6) is 5.78. The number of esters is 1. The molecule has 0 bridgehead atoms. The third-order valence-electron chi connectivity index (χ3n) is 9.03. The Morgan fingerprint density at radius 3 is 2.04 bits per heavy atom. The first-order valence-corrected chi connectivity index (χ1v) is 15.3. The van der Waals surface area contributed by atoms with E-state index in [4.69, 9.17) is 14.3 Å². The van der Waals surface area contributed by atoms with Crippen molar-refractivity contribution >= 4 is 12.1 Å². The highest BCUT2D eigenvalue weighted by atomic mass is 16.7. The number of hydrogen-bond acceptors (Lipinski definition) is 6. The molecule has 1 aliphatic carbocycles. The number of carbonyl (C=O) groups is 2. The Hall–Kier alpha value is -4.90. The van der Waals surface area contributed by atoms with Crippen LogP contribution < -0.4 is 0 Å². The standard InChI is InChI=1S/C38H34N2O5/c1-25-11-13-26(14-12-25)15-16-27-17-19-28(20-18-27)21-40-36(37(41)43-2)33-22-39(23-35(33)45-40)38(42)44-24-34-31-9-5-3-7-29(31)30-8-4-6-10-32(30)34/h3-14,17-20,33-36H,21-24H2,1-2H3/t33-,35?,36?/m1/s1. The van der Waals surface area contributed by atoms with E-state index >= 15 is 0 Å². The van der Waals surface area contributed by atoms with E-state index in [0.717, 1.165) is 16.7 Å². The molecular weight excluding hydrogens is 564 g/mol. The number of ether oxygens (including phenoxy) is 2. The van der Waals surface area contributed by atoms with Crippen molar-refractivity contribution in [2.45, 2.75) is 31.5 Å². The molecule has 4 aromatic rings. The van der Waals surface area contributed by atoms with Crippen molar-refractivity contribution in [2.24, 2.45) is 5.92 Å². The molecule has 2 unspecified atom stereocenters. The van der Waals surface area contributed by atoms with Gasteiger partial charge in [0.05, 0.1) is 20.2 Å². The van der Waals surface area contributed by atoms with Crippen LogP contribution in [0.5, 0.6) is 0 Å². The van der Waals surface area contributed by atoms with Crippen LogP contribution in [-0.2, 0) is 25.7 Å². The molecular formula is C38H34N2O5. The zero-order valence-corrected chi connectivity index (χ0v) is 25.3. The van der Waals surface area contributed by atoms with Crippen molar-refractivity contribution in [3.8, 4) is 23.0 Å². The maximum absolute atomic E-state index is 13.3. The smallest absolute Gasteiger partial charge is 0.409 e. The molecule has 3 atom stereocenters. The summed E-state index contributed by atoms with van der Waals surface area (Å²) in [5.41, 5.74) is 8.76. The molecule has 3 aliphatic rings. The van der Waals surface area contributed by atoms with Crippen LogP contribution in [0.25, 0.3) is 11.1 Å². The van der Waals surface area contributed by atoms with Crippen LogP contribution in [0.1, 0.15) is 39.3 Å². The molecule has 226 valence electrons. The molecule has 0 spiro atoms. The first-order chi connectivity index (χ1) is 22.0. The van der Waals surface area contributed by atoms with Gasteiger partial charge in [-0.15, -0.1) is 0 Å². The Kier molecular flexibility index (Phi) is 7.85. The van der Waals surface area contributed by atoms with Gasteiger partial charge in [-0.3, -0.25) is 9.63 Å². The lowest BCUT2D eigenvalue weighted by Gasteiger charge is -2.26. The maximum Gasteiger partial charge on any atom is 0.409 e. The summed E-state index contributed by atoms with van der Waals surface area (Å²) in [6, 6.07) is 32.0. The minimum Gasteiger partial charge on any atom is -0.468 e. The van der Waals surface area contributed by atoms with E-state index in [1.165, 1.54) is 34.9 Å². The molecule has 2 heterocycles. The van der Waals surface area contributed by atoms with Crippen LogP contribution in [0.2, 0.25) is 0 Å². The number of benzene rings is 4. The first-order valence-electron chi connectivity index (χ1n) is 15.3. The number of fused-ring (bicyclic) bond motifs is 4. The van der Waals surface area contributed by atoms with E-state index in [0.29, 0.717) is 19.6 Å². The van der Waals surface area contributed by atoms with Crippen LogP contribution in [0.4, 0.5) is 4.79 Å². The van der Waals surface area contributed by atoms with Gasteiger partial charge in [0.1, 0.15) is 18.8 Å². The maximum atomic E-state index is 13.3. The number of likely N-dealkylation sites (tertiary alicyclic amines) is 1. The third kappa shape index (κ3) is 5.71. The van der Waals surface area contributed by atoms with Gasteiger partial charge in [0.25, 0.3) is 0 Å². The average molecular weight is 599 g/mol. The van der Waals surface area contributed by atoms with Crippen LogP contribution in [0.3, 0.4) is 0 Å². The number of carbonyl (C=O) groups excluding carboxylic acids is 2. The Bertz CT molecular complexity index is 1740. The lowest BCUT2D eigenvalue weighted by Crippen LogP contribution is -2.43. The van der Waals surface area contributed by atoms with Gasteiger partial charge in [0, 0.05) is 29.5 Å². The highest BCUT2D eigenvalue weighted by Crippen LogP contribution is 2.44. The minimum atomic E-state index is -0.632. The van der Waals surface area contributed by atoms with Crippen molar-refractivity contribution in [1.82, 2.24) is 9.96 Å². The molecule has 1 amide bonds. The average Bonchev–Trinajstić information content (AvgIpc) is 3.73. The predicted octanol–water partition coefficient (Wildman–Crippen LogP) is 5.93. The normalized spacial score (nSPS) is 20.1. The largest absolute Gasteiger partial charge is 0.468 e. The van der Waals surface area contributed by atoms with Gasteiger partial charge in [-0.25, -0.2) is 4.79 Å². The molecule has 2 fully saturated rings. The number of hydroxylamine groups is 2. The van der Waals surface area contributed by atoms with Gasteiger partial charge >= 0.3 is 12.1 Å². The molecule has 7 rings (SSSR count). The fraction of sp³-hybridized carbons (Fsp3) is 0.263. The van der Waals surface area contributed by atoms with E-state index in [1.807, 2.05) is 72.8 Å². The molecule has 7 nitrogen and oxygen atoms in total. The summed E-state index contributed by atoms with van der Waals surface area (Å²) in [5, 5.41) is 1.70. The zero-order valence-electron chi connectivity index (χ0n) is 25.3. The van der Waals surface area contributed by atoms with Crippen molar-refractivity contribution in [3.05, 3.63) is 130 Å². The van der Waals surface area contributed by atoms with E-state index in [9.17, 15) is 9.59 Å². The van der Waals surface area contributed by atoms with E-state index in [-0.39, 0.29) is 30.5 Å². The molecule has 0 N–H and O–H groups in total. The summed E-state index contributed by atoms with van der Waals surface area (Å²) in [4.78, 5) is 34.2. The number of rotatable bonds is 5. The van der Waals surface area contributed by atoms with Gasteiger partial charge < -0.3 is 14.4 Å². The highest BCUT2D eigenvalue weighted by molar-refractivity contribution is 5.79. The molecule has 2 aliphatic heterocycles. The molecule has 0 aromatic heterocycles. The summed E-state index contributed by atoms with van der Waals surface area (Å²) >= 11 is 0. The number of nitrogens with zero attached hydrogens (tertiary/aromatic N) is 2. The van der Waals surface area contributed by atoms with Gasteiger partial charge in [-0.2, -0.15) is 5.06 Å². The zero-order chi connectivity index (χ0) is 30.9. The van der Waals surface area contributed by atoms with E-state index in [2.05, 4.69) is 43.0 Å². The van der Waals surface area contributed by atoms with Crippen molar-refractivity contribution < 1.29 is 23.9 Å². The SMILES string of the molecule is COC(=O)C1[C@@H]2CN(C(=O)OCC3c4ccccc4-c4ccccc43)CC2ON1Cc1ccc(C#Cc2ccc(C)cc2)cc1. The third-order valence-corrected chi connectivity index (χ3v) is 9.03. The van der Waals surface area contributed by atoms with Gasteiger partial charge in [-0.1, -0.05) is 90.2 Å². The Morgan fingerprint density at radius 2 is 1.42 bits per heavy atom. The predicted molar refractivity (Wildman–Crippen MR) is 170 cm³/mol. The summed E-state index contributed by atoms with van der Waals surface area (Å²) in [6.07, 6.45) is -0.721. The van der Waals surface area contributed by atoms with Gasteiger partial charge in [0.2, 0.25) is 0 Å². The van der Waals surface area contributed by atoms with Crippen molar-refractivity contribution in [2.75, 3.05) is 26.8 Å². The number of methoxy groups -OCH3 is 1. The number of hydrogen-bond donors (Lipinski definition) is 0. The lowest BCUT2D eigenvalue weighted by atomic mass is 9.97. The molecule has 7 heteroatoms. The molecule has 0 saturated carbocycles. The first kappa shape index (κ1) is 28.8. The number of aryl methyl sites for hydroxylation is 1. The van der Waals surface area contributed by atoms with E-state index in [1.54, 1.807) is 9.96 Å². The monoisotopic (exact) mass is 598 g/mol. The topological polar surface area (TPSA) is 68.3 Å². The van der Waals surface area contributed by atoms with Crippen molar-refractivity contribution in [3.63, 3.8) is 0 Å². The highest BCUT2D eigenvalue weighted by Gasteiger charge is 2.53. The molecule has 0 radical (unpaired) electrons. The second-order valence-corrected chi connectivity index (χ2v) is 11.9. The number of amides is 1. The molecule has 45 heavy (non-hydrogen) atoms. The van der Waals surface area contributed by atoms with Crippen LogP contribution in [-0.4, -0.2) is 61.0 Å². The summed E-state index contributed by atoms with van der Waals surface area (Å²) in [6.45, 7) is 3.41. The molecule has 2 saturated heterocycles.